The third kappa shape index (κ3) is 9.53. The molecule has 0 atom stereocenters. The Morgan fingerprint density at radius 1 is 1.31 bits per heavy atom. The first-order chi connectivity index (χ1) is 18.2. The van der Waals surface area contributed by atoms with Gasteiger partial charge in [-0.1, -0.05) is 24.6 Å². The Labute approximate surface area is 230 Å². The van der Waals surface area contributed by atoms with Crippen LogP contribution in [0.3, 0.4) is 0 Å². The zero-order valence-corrected chi connectivity index (χ0v) is 22.8. The normalized spacial score (nSPS) is 19.3. The molecule has 1 aromatic carbocycles. The standard InChI is InChI=1S/C24H29ClF5N3O3.O2S/c1-3-33-20(16-5-4-15(8-11-24(28,29)30)12-17(16)36-22(26)27)18(25)19(32-33)21(34)31-13-23(35)9-6-14(2)7-10-23;1-3-2/h4-5,12,14,22,35H,3,6-11,13H2,1-2H3,(H,31,34);. The lowest BCUT2D eigenvalue weighted by Gasteiger charge is -2.34. The molecule has 2 aromatic rings. The highest BCUT2D eigenvalue weighted by Gasteiger charge is 2.33. The van der Waals surface area contributed by atoms with Crippen LogP contribution in [0.5, 0.6) is 5.75 Å². The van der Waals surface area contributed by atoms with E-state index in [1.807, 2.05) is 0 Å². The number of carbonyl (C=O) groups excluding carboxylic acids is 1. The Morgan fingerprint density at radius 3 is 2.46 bits per heavy atom. The van der Waals surface area contributed by atoms with Crippen molar-refractivity contribution in [3.05, 3.63) is 34.5 Å². The van der Waals surface area contributed by atoms with Gasteiger partial charge in [0.2, 0.25) is 0 Å². The molecule has 0 spiro atoms. The molecular weight excluding hydrogens is 573 g/mol. The van der Waals surface area contributed by atoms with Crippen LogP contribution in [0.1, 0.15) is 62.0 Å². The highest BCUT2D eigenvalue weighted by atomic mass is 35.5. The van der Waals surface area contributed by atoms with Crippen molar-refractivity contribution >= 4 is 29.1 Å². The van der Waals surface area contributed by atoms with Crippen LogP contribution < -0.4 is 10.1 Å². The number of nitrogens with one attached hydrogen (secondary N) is 1. The Kier molecular flexibility index (Phi) is 11.9. The van der Waals surface area contributed by atoms with Gasteiger partial charge in [-0.2, -0.15) is 35.5 Å². The van der Waals surface area contributed by atoms with Crippen molar-refractivity contribution in [1.82, 2.24) is 15.1 Å². The summed E-state index contributed by atoms with van der Waals surface area (Å²) < 4.78 is 86.6. The van der Waals surface area contributed by atoms with Crippen molar-refractivity contribution in [2.45, 2.75) is 77.3 Å². The fourth-order valence-corrected chi connectivity index (χ4v) is 4.60. The minimum atomic E-state index is -4.40. The maximum absolute atomic E-state index is 13.1. The molecule has 0 aliphatic heterocycles. The van der Waals surface area contributed by atoms with Gasteiger partial charge in [-0.15, -0.1) is 0 Å². The molecule has 3 rings (SSSR count). The zero-order chi connectivity index (χ0) is 29.4. The summed E-state index contributed by atoms with van der Waals surface area (Å²) in [5.74, 6) is -0.514. The minimum Gasteiger partial charge on any atom is -0.434 e. The van der Waals surface area contributed by atoms with Crippen LogP contribution in [0.2, 0.25) is 5.02 Å². The van der Waals surface area contributed by atoms with Gasteiger partial charge in [0.1, 0.15) is 5.75 Å². The zero-order valence-electron chi connectivity index (χ0n) is 21.2. The van der Waals surface area contributed by atoms with Gasteiger partial charge in [0.15, 0.2) is 5.69 Å². The van der Waals surface area contributed by atoms with E-state index in [9.17, 15) is 31.9 Å². The number of halogens is 6. The number of nitrogens with zero attached hydrogens (tertiary/aromatic N) is 2. The minimum absolute atomic E-state index is 0.0108. The number of carbonyl (C=O) groups is 1. The second kappa shape index (κ2) is 14.2. The van der Waals surface area contributed by atoms with Crippen molar-refractivity contribution in [2.24, 2.45) is 5.92 Å². The van der Waals surface area contributed by atoms with Crippen molar-refractivity contribution < 1.29 is 45.0 Å². The molecule has 0 unspecified atom stereocenters. The third-order valence-corrected chi connectivity index (χ3v) is 6.76. The Balaban J connectivity index is 0.00000170. The topological polar surface area (TPSA) is 111 Å². The predicted molar refractivity (Wildman–Crippen MR) is 133 cm³/mol. The van der Waals surface area contributed by atoms with Gasteiger partial charge in [-0.3, -0.25) is 9.48 Å². The molecule has 15 heteroatoms. The van der Waals surface area contributed by atoms with Gasteiger partial charge >= 0.3 is 24.4 Å². The lowest BCUT2D eigenvalue weighted by molar-refractivity contribution is -0.134. The fraction of sp³-hybridized carbons (Fsp3) is 0.583. The fourth-order valence-electron chi connectivity index (χ4n) is 4.27. The van der Waals surface area contributed by atoms with Crippen molar-refractivity contribution in [3.8, 4) is 17.0 Å². The first-order valence-electron chi connectivity index (χ1n) is 12.1. The molecule has 1 amide bonds. The number of amides is 1. The van der Waals surface area contributed by atoms with Gasteiger partial charge in [-0.25, -0.2) is 0 Å². The van der Waals surface area contributed by atoms with Gasteiger partial charge in [-0.05, 0) is 62.6 Å². The van der Waals surface area contributed by atoms with Crippen LogP contribution in [0.15, 0.2) is 18.2 Å². The first-order valence-corrected chi connectivity index (χ1v) is 13.1. The van der Waals surface area contributed by atoms with Crippen molar-refractivity contribution in [3.63, 3.8) is 0 Å². The summed E-state index contributed by atoms with van der Waals surface area (Å²) in [5.41, 5.74) is -0.865. The number of ether oxygens (including phenoxy) is 1. The molecule has 39 heavy (non-hydrogen) atoms. The van der Waals surface area contributed by atoms with Crippen LogP contribution in [-0.4, -0.2) is 54.1 Å². The van der Waals surface area contributed by atoms with E-state index >= 15 is 0 Å². The number of alkyl halides is 5. The Morgan fingerprint density at radius 2 is 1.92 bits per heavy atom. The Hall–Kier alpha value is -2.58. The molecule has 0 radical (unpaired) electrons. The van der Waals surface area contributed by atoms with Crippen molar-refractivity contribution in [1.29, 1.82) is 0 Å². The van der Waals surface area contributed by atoms with Crippen LogP contribution in [0.4, 0.5) is 22.0 Å². The highest BCUT2D eigenvalue weighted by Crippen LogP contribution is 2.39. The predicted octanol–water partition coefficient (Wildman–Crippen LogP) is 5.32. The molecular formula is C24H29ClF5N3O5S. The average Bonchev–Trinajstić information content (AvgIpc) is 3.19. The molecule has 0 saturated heterocycles. The summed E-state index contributed by atoms with van der Waals surface area (Å²) >= 11 is 5.73. The molecule has 1 aliphatic rings. The van der Waals surface area contributed by atoms with E-state index in [-0.39, 0.29) is 46.4 Å². The Bertz CT molecular complexity index is 1160. The van der Waals surface area contributed by atoms with Crippen LogP contribution in [0.25, 0.3) is 11.3 Å². The number of hydrogen-bond donors (Lipinski definition) is 2. The van der Waals surface area contributed by atoms with E-state index in [1.165, 1.54) is 16.8 Å². The van der Waals surface area contributed by atoms with Gasteiger partial charge in [0.05, 0.1) is 16.3 Å². The quantitative estimate of drug-likeness (QED) is 0.377. The second-order valence-corrected chi connectivity index (χ2v) is 9.82. The molecule has 1 fully saturated rings. The molecule has 218 valence electrons. The van der Waals surface area contributed by atoms with Crippen LogP contribution in [0, 0.1) is 5.92 Å². The number of aromatic nitrogens is 2. The summed E-state index contributed by atoms with van der Waals surface area (Å²) in [6.07, 6.45) is -3.17. The van der Waals surface area contributed by atoms with E-state index in [4.69, 9.17) is 20.0 Å². The molecule has 1 saturated carbocycles. The lowest BCUT2D eigenvalue weighted by atomic mass is 9.79. The van der Waals surface area contributed by atoms with Gasteiger partial charge in [0, 0.05) is 25.1 Å². The largest absolute Gasteiger partial charge is 0.434 e. The molecule has 1 aliphatic carbocycles. The van der Waals surface area contributed by atoms with Gasteiger partial charge < -0.3 is 15.2 Å². The molecule has 1 heterocycles. The summed E-state index contributed by atoms with van der Waals surface area (Å²) in [6, 6.07) is 3.80. The molecule has 8 nitrogen and oxygen atoms in total. The van der Waals surface area contributed by atoms with Gasteiger partial charge in [0.25, 0.3) is 5.91 Å². The van der Waals surface area contributed by atoms with E-state index in [0.29, 0.717) is 18.8 Å². The van der Waals surface area contributed by atoms with E-state index in [2.05, 4.69) is 22.1 Å². The van der Waals surface area contributed by atoms with Crippen LogP contribution >= 0.6 is 11.6 Å². The molecule has 2 N–H and O–H groups in total. The lowest BCUT2D eigenvalue weighted by Crippen LogP contribution is -2.45. The average molecular weight is 602 g/mol. The SMILES string of the molecule is CCn1nc(C(=O)NCC2(O)CCC(C)CC2)c(Cl)c1-c1ccc(CCC(F)(F)F)cc1OC(F)F.O=S=O. The molecule has 0 bridgehead atoms. The second-order valence-electron chi connectivity index (χ2n) is 9.31. The maximum Gasteiger partial charge on any atom is 0.389 e. The summed E-state index contributed by atoms with van der Waals surface area (Å²) in [5, 5.41) is 17.5. The van der Waals surface area contributed by atoms with E-state index in [1.54, 1.807) is 6.92 Å². The third-order valence-electron chi connectivity index (χ3n) is 6.41. The number of aryl methyl sites for hydroxylation is 2. The summed E-state index contributed by atoms with van der Waals surface area (Å²) in [6.45, 7) is 0.794. The number of aliphatic hydroxyl groups is 1. The number of rotatable bonds is 9. The highest BCUT2D eigenvalue weighted by molar-refractivity contribution is 7.51. The maximum atomic E-state index is 13.1. The molecule has 1 aromatic heterocycles. The first kappa shape index (κ1) is 32.6. The summed E-state index contributed by atoms with van der Waals surface area (Å²) in [4.78, 5) is 12.9. The number of hydrogen-bond acceptors (Lipinski definition) is 6. The van der Waals surface area contributed by atoms with E-state index < -0.39 is 48.7 Å². The monoisotopic (exact) mass is 601 g/mol. The number of benzene rings is 1. The smallest absolute Gasteiger partial charge is 0.389 e. The van der Waals surface area contributed by atoms with E-state index in [0.717, 1.165) is 18.9 Å². The van der Waals surface area contributed by atoms with Crippen LogP contribution in [-0.2, 0) is 24.5 Å². The summed E-state index contributed by atoms with van der Waals surface area (Å²) in [7, 11) is 0. The van der Waals surface area contributed by atoms with Crippen molar-refractivity contribution in [2.75, 3.05) is 6.54 Å².